The Kier molecular flexibility index (Phi) is 3.56. The van der Waals surface area contributed by atoms with Gasteiger partial charge in [0.1, 0.15) is 12.2 Å². The standard InChI is InChI=1S/C12H14O5S/c1-9-11(17-12(13)16-9)7-8-18(14,15)10-5-3-2-4-6-10/h2-6,9,11H,7-8H2,1H3/t9?,11-/m1/s1. The van der Waals surface area contributed by atoms with E-state index < -0.39 is 28.2 Å². The summed E-state index contributed by atoms with van der Waals surface area (Å²) in [7, 11) is -3.34. The topological polar surface area (TPSA) is 69.7 Å². The predicted molar refractivity (Wildman–Crippen MR) is 63.9 cm³/mol. The number of carbonyl (C=O) groups is 1. The summed E-state index contributed by atoms with van der Waals surface area (Å²) in [5, 5.41) is 0. The minimum Gasteiger partial charge on any atom is -0.427 e. The van der Waals surface area contributed by atoms with Crippen LogP contribution < -0.4 is 0 Å². The van der Waals surface area contributed by atoms with Crippen LogP contribution >= 0.6 is 0 Å². The molecule has 18 heavy (non-hydrogen) atoms. The van der Waals surface area contributed by atoms with Crippen LogP contribution in [0.1, 0.15) is 13.3 Å². The molecular weight excluding hydrogens is 256 g/mol. The number of sulfone groups is 1. The van der Waals surface area contributed by atoms with Crippen molar-refractivity contribution in [3.8, 4) is 0 Å². The lowest BCUT2D eigenvalue weighted by atomic mass is 10.2. The fourth-order valence-corrected chi connectivity index (χ4v) is 3.14. The van der Waals surface area contributed by atoms with E-state index in [4.69, 9.17) is 9.47 Å². The van der Waals surface area contributed by atoms with Crippen LogP contribution in [0.5, 0.6) is 0 Å². The van der Waals surface area contributed by atoms with Crippen LogP contribution in [0.25, 0.3) is 0 Å². The number of ether oxygens (including phenoxy) is 2. The van der Waals surface area contributed by atoms with Gasteiger partial charge in [0, 0.05) is 6.42 Å². The molecule has 0 aromatic heterocycles. The second-order valence-electron chi connectivity index (χ2n) is 4.15. The summed E-state index contributed by atoms with van der Waals surface area (Å²) < 4.78 is 33.7. The largest absolute Gasteiger partial charge is 0.509 e. The van der Waals surface area contributed by atoms with Gasteiger partial charge in [-0.25, -0.2) is 13.2 Å². The molecule has 98 valence electrons. The highest BCUT2D eigenvalue weighted by Gasteiger charge is 2.34. The Labute approximate surface area is 106 Å². The molecule has 1 fully saturated rings. The molecular formula is C12H14O5S. The maximum absolute atomic E-state index is 12.0. The van der Waals surface area contributed by atoms with Gasteiger partial charge < -0.3 is 9.47 Å². The van der Waals surface area contributed by atoms with Crippen molar-refractivity contribution in [2.75, 3.05) is 5.75 Å². The molecule has 5 nitrogen and oxygen atoms in total. The van der Waals surface area contributed by atoms with E-state index in [1.807, 2.05) is 0 Å². The third-order valence-corrected chi connectivity index (χ3v) is 4.59. The molecule has 6 heteroatoms. The van der Waals surface area contributed by atoms with E-state index in [1.54, 1.807) is 37.3 Å². The maximum atomic E-state index is 12.0. The van der Waals surface area contributed by atoms with Crippen molar-refractivity contribution in [3.63, 3.8) is 0 Å². The van der Waals surface area contributed by atoms with Crippen molar-refractivity contribution in [1.29, 1.82) is 0 Å². The van der Waals surface area contributed by atoms with E-state index in [0.717, 1.165) is 0 Å². The van der Waals surface area contributed by atoms with Crippen LogP contribution in [0.2, 0.25) is 0 Å². The molecule has 1 saturated heterocycles. The molecule has 1 aromatic carbocycles. The fraction of sp³-hybridized carbons (Fsp3) is 0.417. The highest BCUT2D eigenvalue weighted by molar-refractivity contribution is 7.91. The number of carbonyl (C=O) groups excluding carboxylic acids is 1. The van der Waals surface area contributed by atoms with Crippen LogP contribution in [0.4, 0.5) is 4.79 Å². The summed E-state index contributed by atoms with van der Waals surface area (Å²) >= 11 is 0. The Morgan fingerprint density at radius 1 is 1.17 bits per heavy atom. The van der Waals surface area contributed by atoms with Crippen molar-refractivity contribution >= 4 is 16.0 Å². The summed E-state index contributed by atoms with van der Waals surface area (Å²) in [5.41, 5.74) is 0. The Morgan fingerprint density at radius 3 is 2.39 bits per heavy atom. The van der Waals surface area contributed by atoms with Gasteiger partial charge in [-0.3, -0.25) is 0 Å². The van der Waals surface area contributed by atoms with E-state index in [9.17, 15) is 13.2 Å². The van der Waals surface area contributed by atoms with Crippen molar-refractivity contribution < 1.29 is 22.7 Å². The second-order valence-corrected chi connectivity index (χ2v) is 6.26. The molecule has 1 heterocycles. The molecule has 0 N–H and O–H groups in total. The van der Waals surface area contributed by atoms with Crippen molar-refractivity contribution in [1.82, 2.24) is 0 Å². The Hall–Kier alpha value is -1.56. The van der Waals surface area contributed by atoms with Crippen LogP contribution in [0, 0.1) is 0 Å². The SMILES string of the molecule is CC1OC(=O)O[C@@H]1CCS(=O)(=O)c1ccccc1. The smallest absolute Gasteiger partial charge is 0.427 e. The molecule has 0 spiro atoms. The molecule has 0 aliphatic carbocycles. The van der Waals surface area contributed by atoms with Gasteiger partial charge in [0.05, 0.1) is 10.6 Å². The molecule has 2 rings (SSSR count). The first kappa shape index (κ1) is 12.9. The summed E-state index contributed by atoms with van der Waals surface area (Å²) in [4.78, 5) is 11.1. The van der Waals surface area contributed by atoms with E-state index in [0.29, 0.717) is 0 Å². The Morgan fingerprint density at radius 2 is 1.83 bits per heavy atom. The van der Waals surface area contributed by atoms with Gasteiger partial charge in [0.2, 0.25) is 0 Å². The minimum atomic E-state index is -3.34. The van der Waals surface area contributed by atoms with Crippen LogP contribution in [-0.2, 0) is 19.3 Å². The molecule has 0 bridgehead atoms. The molecule has 0 amide bonds. The molecule has 0 saturated carbocycles. The van der Waals surface area contributed by atoms with Gasteiger partial charge in [-0.05, 0) is 19.1 Å². The zero-order chi connectivity index (χ0) is 13.2. The summed E-state index contributed by atoms with van der Waals surface area (Å²) in [5.74, 6) is -0.0668. The van der Waals surface area contributed by atoms with Gasteiger partial charge in [-0.2, -0.15) is 0 Å². The number of rotatable bonds is 4. The van der Waals surface area contributed by atoms with Crippen molar-refractivity contribution in [3.05, 3.63) is 30.3 Å². The number of hydrogen-bond acceptors (Lipinski definition) is 5. The summed E-state index contributed by atoms with van der Waals surface area (Å²) in [6.07, 6.45) is -1.38. The van der Waals surface area contributed by atoms with Crippen LogP contribution in [0.3, 0.4) is 0 Å². The quantitative estimate of drug-likeness (QED) is 0.780. The molecule has 1 unspecified atom stereocenters. The predicted octanol–water partition coefficient (Wildman–Crippen LogP) is 1.77. The molecule has 2 atom stereocenters. The van der Waals surface area contributed by atoms with E-state index in [-0.39, 0.29) is 17.1 Å². The monoisotopic (exact) mass is 270 g/mol. The third kappa shape index (κ3) is 2.81. The number of benzene rings is 1. The van der Waals surface area contributed by atoms with Gasteiger partial charge in [-0.1, -0.05) is 18.2 Å². The summed E-state index contributed by atoms with van der Waals surface area (Å²) in [6.45, 7) is 1.69. The summed E-state index contributed by atoms with van der Waals surface area (Å²) in [6, 6.07) is 8.21. The molecule has 1 aliphatic heterocycles. The zero-order valence-electron chi connectivity index (χ0n) is 9.91. The van der Waals surface area contributed by atoms with Crippen LogP contribution in [-0.4, -0.2) is 32.5 Å². The minimum absolute atomic E-state index is 0.0668. The highest BCUT2D eigenvalue weighted by Crippen LogP contribution is 2.20. The van der Waals surface area contributed by atoms with Crippen molar-refractivity contribution in [2.45, 2.75) is 30.4 Å². The zero-order valence-corrected chi connectivity index (χ0v) is 10.7. The van der Waals surface area contributed by atoms with Gasteiger partial charge >= 0.3 is 6.16 Å². The lowest BCUT2D eigenvalue weighted by molar-refractivity contribution is 0.116. The van der Waals surface area contributed by atoms with Crippen molar-refractivity contribution in [2.24, 2.45) is 0 Å². The number of cyclic esters (lactones) is 2. The molecule has 1 aromatic rings. The normalized spacial score (nSPS) is 23.5. The first-order valence-corrected chi connectivity index (χ1v) is 7.29. The van der Waals surface area contributed by atoms with Gasteiger partial charge in [0.25, 0.3) is 0 Å². The Bertz CT molecular complexity index is 523. The molecule has 1 aliphatic rings. The first-order valence-electron chi connectivity index (χ1n) is 5.64. The second kappa shape index (κ2) is 4.97. The Balaban J connectivity index is 2.00. The molecule has 0 radical (unpaired) electrons. The lowest BCUT2D eigenvalue weighted by Gasteiger charge is -2.11. The van der Waals surface area contributed by atoms with E-state index in [2.05, 4.69) is 0 Å². The third-order valence-electron chi connectivity index (χ3n) is 2.83. The van der Waals surface area contributed by atoms with E-state index in [1.165, 1.54) is 0 Å². The average Bonchev–Trinajstić information content (AvgIpc) is 2.67. The number of hydrogen-bond donors (Lipinski definition) is 0. The van der Waals surface area contributed by atoms with E-state index >= 15 is 0 Å². The fourth-order valence-electron chi connectivity index (χ4n) is 1.79. The maximum Gasteiger partial charge on any atom is 0.509 e. The highest BCUT2D eigenvalue weighted by atomic mass is 32.2. The van der Waals surface area contributed by atoms with Crippen LogP contribution in [0.15, 0.2) is 35.2 Å². The average molecular weight is 270 g/mol. The van der Waals surface area contributed by atoms with Gasteiger partial charge in [-0.15, -0.1) is 0 Å². The van der Waals surface area contributed by atoms with Gasteiger partial charge in [0.15, 0.2) is 9.84 Å². The first-order chi connectivity index (χ1) is 8.49. The lowest BCUT2D eigenvalue weighted by Crippen LogP contribution is -2.22.